The molecule has 0 radical (unpaired) electrons. The topological polar surface area (TPSA) is 106 Å². The first kappa shape index (κ1) is 23.3. The van der Waals surface area contributed by atoms with E-state index in [1.54, 1.807) is 18.0 Å². The highest BCUT2D eigenvalue weighted by molar-refractivity contribution is 5.95. The molecule has 4 heterocycles. The fourth-order valence-electron chi connectivity index (χ4n) is 5.74. The van der Waals surface area contributed by atoms with Crippen molar-refractivity contribution in [3.63, 3.8) is 0 Å². The van der Waals surface area contributed by atoms with Crippen molar-refractivity contribution in [1.29, 1.82) is 0 Å². The van der Waals surface area contributed by atoms with Crippen molar-refractivity contribution in [3.8, 4) is 5.75 Å². The highest BCUT2D eigenvalue weighted by Gasteiger charge is 2.62. The van der Waals surface area contributed by atoms with Crippen LogP contribution in [0.4, 0.5) is 0 Å². The minimum atomic E-state index is -0.250. The number of ether oxygens (including phenoxy) is 2. The van der Waals surface area contributed by atoms with Crippen molar-refractivity contribution in [1.82, 2.24) is 20.0 Å². The second-order valence-electron chi connectivity index (χ2n) is 9.13. The molecule has 2 bridgehead atoms. The lowest BCUT2D eigenvalue weighted by Gasteiger charge is -2.29. The Morgan fingerprint density at radius 2 is 2.24 bits per heavy atom. The lowest BCUT2D eigenvalue weighted by molar-refractivity contribution is -0.122. The number of fused-ring (bicyclic) bond motifs is 1. The molecule has 5 rings (SSSR count). The standard InChI is InChI=1S/C23H30N4O3.CH2O2/c1-15-18(11-25-26(15)2)22(28)24-10-19-20-13-27(14-23(20)8-7-21(19)30-23)12-16-5-4-6-17(9-16)29-3;2-1-3/h4-6,9,11,19-21H,7-8,10,12-14H2,1-3H3,(H,24,28);1H,(H,2,3)/t19-,20+,21+,23+;/m0./s1. The van der Waals surface area contributed by atoms with Crippen molar-refractivity contribution in [2.45, 2.75) is 38.0 Å². The van der Waals surface area contributed by atoms with Gasteiger partial charge in [-0.25, -0.2) is 0 Å². The van der Waals surface area contributed by atoms with Crippen LogP contribution >= 0.6 is 0 Å². The molecular weight excluding hydrogens is 424 g/mol. The van der Waals surface area contributed by atoms with Gasteiger partial charge in [0, 0.05) is 50.8 Å². The average molecular weight is 457 g/mol. The maximum absolute atomic E-state index is 12.7. The zero-order valence-corrected chi connectivity index (χ0v) is 19.4. The van der Waals surface area contributed by atoms with Gasteiger partial charge in [-0.1, -0.05) is 12.1 Å². The average Bonchev–Trinajstić information content (AvgIpc) is 3.53. The number of aryl methyl sites for hydroxylation is 1. The number of aromatic nitrogens is 2. The molecule has 33 heavy (non-hydrogen) atoms. The summed E-state index contributed by atoms with van der Waals surface area (Å²) in [5, 5.41) is 14.2. The van der Waals surface area contributed by atoms with E-state index in [1.165, 1.54) is 5.56 Å². The normalized spacial score (nSPS) is 27.5. The van der Waals surface area contributed by atoms with Gasteiger partial charge in [-0.05, 0) is 37.5 Å². The second-order valence-corrected chi connectivity index (χ2v) is 9.13. The molecule has 1 amide bonds. The Bertz CT molecular complexity index is 1010. The molecule has 0 aliphatic carbocycles. The number of amides is 1. The van der Waals surface area contributed by atoms with Crippen molar-refractivity contribution in [3.05, 3.63) is 47.3 Å². The number of carboxylic acid groups (broad SMARTS) is 1. The molecular formula is C24H32N4O5. The van der Waals surface area contributed by atoms with Crippen molar-refractivity contribution in [2.75, 3.05) is 26.7 Å². The van der Waals surface area contributed by atoms with Gasteiger partial charge in [0.1, 0.15) is 5.75 Å². The minimum absolute atomic E-state index is 0.0383. The molecule has 1 spiro atoms. The van der Waals surface area contributed by atoms with Gasteiger partial charge in [0.2, 0.25) is 0 Å². The molecule has 0 unspecified atom stereocenters. The van der Waals surface area contributed by atoms with E-state index in [9.17, 15) is 4.79 Å². The number of carbonyl (C=O) groups excluding carboxylic acids is 1. The minimum Gasteiger partial charge on any atom is -0.497 e. The van der Waals surface area contributed by atoms with Crippen molar-refractivity contribution in [2.24, 2.45) is 18.9 Å². The summed E-state index contributed by atoms with van der Waals surface area (Å²) in [4.78, 5) is 23.5. The summed E-state index contributed by atoms with van der Waals surface area (Å²) in [6, 6.07) is 8.29. The maximum Gasteiger partial charge on any atom is 0.290 e. The monoisotopic (exact) mass is 456 g/mol. The van der Waals surface area contributed by atoms with Crippen LogP contribution in [0, 0.1) is 18.8 Å². The van der Waals surface area contributed by atoms with E-state index in [2.05, 4.69) is 27.4 Å². The van der Waals surface area contributed by atoms with Gasteiger partial charge in [-0.2, -0.15) is 5.10 Å². The van der Waals surface area contributed by atoms with E-state index < -0.39 is 0 Å². The van der Waals surface area contributed by atoms with Crippen LogP contribution in [0.15, 0.2) is 30.5 Å². The van der Waals surface area contributed by atoms with Crippen LogP contribution in [-0.4, -0.2) is 70.6 Å². The summed E-state index contributed by atoms with van der Waals surface area (Å²) < 4.78 is 13.6. The quantitative estimate of drug-likeness (QED) is 0.639. The van der Waals surface area contributed by atoms with Crippen LogP contribution in [0.5, 0.6) is 5.75 Å². The summed E-state index contributed by atoms with van der Waals surface area (Å²) in [5.41, 5.74) is 2.77. The van der Waals surface area contributed by atoms with Crippen LogP contribution in [0.25, 0.3) is 0 Å². The molecule has 2 aromatic rings. The van der Waals surface area contributed by atoms with Gasteiger partial charge >= 0.3 is 0 Å². The van der Waals surface area contributed by atoms with Crippen LogP contribution in [0.3, 0.4) is 0 Å². The van der Waals surface area contributed by atoms with E-state index >= 15 is 0 Å². The molecule has 3 aliphatic heterocycles. The summed E-state index contributed by atoms with van der Waals surface area (Å²) in [6.45, 7) is 5.22. The molecule has 3 fully saturated rings. The lowest BCUT2D eigenvalue weighted by Crippen LogP contribution is -2.42. The zero-order valence-electron chi connectivity index (χ0n) is 19.4. The Morgan fingerprint density at radius 1 is 1.45 bits per heavy atom. The maximum atomic E-state index is 12.7. The van der Waals surface area contributed by atoms with E-state index in [1.807, 2.05) is 26.1 Å². The molecule has 9 nitrogen and oxygen atoms in total. The summed E-state index contributed by atoms with van der Waals surface area (Å²) in [6.07, 6.45) is 4.14. The van der Waals surface area contributed by atoms with Gasteiger partial charge in [0.15, 0.2) is 0 Å². The number of hydrogen-bond donors (Lipinski definition) is 2. The van der Waals surface area contributed by atoms with Crippen LogP contribution < -0.4 is 10.1 Å². The first-order valence-corrected chi connectivity index (χ1v) is 11.3. The molecule has 178 valence electrons. The smallest absolute Gasteiger partial charge is 0.290 e. The largest absolute Gasteiger partial charge is 0.497 e. The SMILES string of the molecule is COc1cccc(CN2C[C@@H]3[C@H](CNC(=O)c4cnn(C)c4C)[C@H]4CC[C@]3(C2)O4)c1.O=CO. The molecule has 1 aromatic carbocycles. The van der Waals surface area contributed by atoms with Gasteiger partial charge in [-0.3, -0.25) is 19.2 Å². The Kier molecular flexibility index (Phi) is 6.71. The fraction of sp³-hybridized carbons (Fsp3) is 0.542. The number of rotatable bonds is 6. The van der Waals surface area contributed by atoms with E-state index in [0.29, 0.717) is 23.9 Å². The van der Waals surface area contributed by atoms with Gasteiger partial charge in [0.05, 0.1) is 30.6 Å². The van der Waals surface area contributed by atoms with Crippen LogP contribution in [-0.2, 0) is 23.1 Å². The third-order valence-corrected chi connectivity index (χ3v) is 7.37. The Labute approximate surface area is 193 Å². The number of nitrogens with zero attached hydrogens (tertiary/aromatic N) is 3. The number of hydrogen-bond acceptors (Lipinski definition) is 6. The third-order valence-electron chi connectivity index (χ3n) is 7.37. The number of nitrogens with one attached hydrogen (secondary N) is 1. The lowest BCUT2D eigenvalue weighted by atomic mass is 9.73. The zero-order chi connectivity index (χ0) is 23.6. The van der Waals surface area contributed by atoms with Gasteiger partial charge < -0.3 is 19.9 Å². The van der Waals surface area contributed by atoms with E-state index in [-0.39, 0.29) is 24.1 Å². The molecule has 4 atom stereocenters. The highest BCUT2D eigenvalue weighted by Crippen LogP contribution is 2.54. The summed E-state index contributed by atoms with van der Waals surface area (Å²) >= 11 is 0. The van der Waals surface area contributed by atoms with Crippen LogP contribution in [0.1, 0.15) is 34.5 Å². The van der Waals surface area contributed by atoms with Gasteiger partial charge in [-0.15, -0.1) is 0 Å². The van der Waals surface area contributed by atoms with E-state index in [0.717, 1.165) is 43.9 Å². The molecule has 3 saturated heterocycles. The predicted octanol–water partition coefficient (Wildman–Crippen LogP) is 1.85. The van der Waals surface area contributed by atoms with Crippen molar-refractivity contribution >= 4 is 12.4 Å². The van der Waals surface area contributed by atoms with Crippen molar-refractivity contribution < 1.29 is 24.2 Å². The Hall–Kier alpha value is -2.91. The molecule has 2 N–H and O–H groups in total. The number of carbonyl (C=O) groups is 2. The predicted molar refractivity (Wildman–Crippen MR) is 121 cm³/mol. The number of benzene rings is 1. The molecule has 0 saturated carbocycles. The second kappa shape index (κ2) is 9.52. The number of likely N-dealkylation sites (tertiary alicyclic amines) is 1. The Morgan fingerprint density at radius 3 is 2.94 bits per heavy atom. The highest BCUT2D eigenvalue weighted by atomic mass is 16.5. The number of methoxy groups -OCH3 is 1. The molecule has 9 heteroatoms. The van der Waals surface area contributed by atoms with Crippen LogP contribution in [0.2, 0.25) is 0 Å². The summed E-state index contributed by atoms with van der Waals surface area (Å²) in [5.74, 6) is 1.70. The van der Waals surface area contributed by atoms with E-state index in [4.69, 9.17) is 19.4 Å². The molecule has 1 aromatic heterocycles. The first-order chi connectivity index (χ1) is 15.9. The first-order valence-electron chi connectivity index (χ1n) is 11.3. The third kappa shape index (κ3) is 4.47. The molecule has 3 aliphatic rings. The Balaban J connectivity index is 0.000000821. The fourth-order valence-corrected chi connectivity index (χ4v) is 5.74. The van der Waals surface area contributed by atoms with Gasteiger partial charge in [0.25, 0.3) is 12.4 Å². The summed E-state index contributed by atoms with van der Waals surface area (Å²) in [7, 11) is 3.56.